The smallest absolute Gasteiger partial charge is 0.273 e. The first-order chi connectivity index (χ1) is 15.0. The highest BCUT2D eigenvalue weighted by Gasteiger charge is 2.24. The zero-order valence-electron chi connectivity index (χ0n) is 17.7. The number of carbonyl (C=O) groups excluding carboxylic acids is 1. The zero-order valence-corrected chi connectivity index (χ0v) is 18.5. The number of ether oxygens (including phenoxy) is 1. The minimum atomic E-state index is -0.258. The van der Waals surface area contributed by atoms with Crippen molar-refractivity contribution in [2.24, 2.45) is 0 Å². The van der Waals surface area contributed by atoms with Gasteiger partial charge in [-0.1, -0.05) is 41.0 Å². The largest absolute Gasteiger partial charge is 0.379 e. The van der Waals surface area contributed by atoms with Crippen LogP contribution in [0.2, 0.25) is 5.02 Å². The van der Waals surface area contributed by atoms with Crippen molar-refractivity contribution < 1.29 is 14.1 Å². The van der Waals surface area contributed by atoms with Crippen molar-refractivity contribution in [3.05, 3.63) is 75.9 Å². The minimum Gasteiger partial charge on any atom is -0.379 e. The summed E-state index contributed by atoms with van der Waals surface area (Å²) >= 11 is 6.06. The van der Waals surface area contributed by atoms with Gasteiger partial charge in [-0.15, -0.1) is 0 Å². The summed E-state index contributed by atoms with van der Waals surface area (Å²) in [7, 11) is 0. The molecule has 1 atom stereocenters. The lowest BCUT2D eigenvalue weighted by Gasteiger charge is -2.34. The Hall–Kier alpha value is -2.67. The van der Waals surface area contributed by atoms with Crippen molar-refractivity contribution in [1.29, 1.82) is 0 Å². The van der Waals surface area contributed by atoms with Gasteiger partial charge >= 0.3 is 0 Å². The summed E-state index contributed by atoms with van der Waals surface area (Å²) in [6.07, 6.45) is 0. The number of hydrogen-bond acceptors (Lipinski definition) is 5. The second-order valence-corrected chi connectivity index (χ2v) is 8.24. The van der Waals surface area contributed by atoms with Gasteiger partial charge in [0.05, 0.1) is 19.3 Å². The van der Waals surface area contributed by atoms with Crippen LogP contribution in [0.4, 0.5) is 0 Å². The van der Waals surface area contributed by atoms with Crippen molar-refractivity contribution in [1.82, 2.24) is 15.4 Å². The molecule has 0 bridgehead atoms. The van der Waals surface area contributed by atoms with Gasteiger partial charge in [-0.2, -0.15) is 0 Å². The lowest BCUT2D eigenvalue weighted by molar-refractivity contribution is 0.0162. The van der Waals surface area contributed by atoms with Crippen LogP contribution in [0.3, 0.4) is 0 Å². The lowest BCUT2D eigenvalue weighted by Crippen LogP contribution is -2.43. The molecular formula is C24H26ClN3O3. The van der Waals surface area contributed by atoms with Gasteiger partial charge in [0, 0.05) is 36.3 Å². The zero-order chi connectivity index (χ0) is 21.8. The van der Waals surface area contributed by atoms with Crippen molar-refractivity contribution in [3.63, 3.8) is 0 Å². The monoisotopic (exact) mass is 439 g/mol. The maximum absolute atomic E-state index is 12.8. The van der Waals surface area contributed by atoms with Crippen LogP contribution >= 0.6 is 11.6 Å². The Morgan fingerprint density at radius 1 is 1.10 bits per heavy atom. The van der Waals surface area contributed by atoms with E-state index in [1.54, 1.807) is 6.07 Å². The molecule has 0 unspecified atom stereocenters. The third kappa shape index (κ3) is 5.15. The Balaban J connectivity index is 1.47. The van der Waals surface area contributed by atoms with Gasteiger partial charge in [-0.25, -0.2) is 0 Å². The Kier molecular flexibility index (Phi) is 6.70. The summed E-state index contributed by atoms with van der Waals surface area (Å²) in [6.45, 7) is 7.54. The molecule has 1 aromatic heterocycles. The molecule has 1 fully saturated rings. The van der Waals surface area contributed by atoms with Crippen LogP contribution in [-0.4, -0.2) is 48.8 Å². The molecule has 0 saturated carbocycles. The number of hydrogen-bond donors (Lipinski definition) is 1. The lowest BCUT2D eigenvalue weighted by atomic mass is 10.0. The molecule has 31 heavy (non-hydrogen) atoms. The fourth-order valence-corrected chi connectivity index (χ4v) is 3.85. The fraction of sp³-hybridized carbons (Fsp3) is 0.333. The average molecular weight is 440 g/mol. The topological polar surface area (TPSA) is 67.6 Å². The Bertz CT molecular complexity index is 1040. The molecule has 0 radical (unpaired) electrons. The Morgan fingerprint density at radius 2 is 1.84 bits per heavy atom. The molecule has 6 nitrogen and oxygen atoms in total. The summed E-state index contributed by atoms with van der Waals surface area (Å²) in [4.78, 5) is 15.1. The van der Waals surface area contributed by atoms with Crippen LogP contribution in [-0.2, 0) is 4.74 Å². The first-order valence-corrected chi connectivity index (χ1v) is 10.8. The van der Waals surface area contributed by atoms with Crippen LogP contribution < -0.4 is 5.32 Å². The molecule has 162 valence electrons. The van der Waals surface area contributed by atoms with E-state index in [4.69, 9.17) is 20.9 Å². The SMILES string of the molecule is Cc1ccc(-c2cc(C(=O)NC[C@@H](c3ccc(Cl)cc3)N3CCOCC3)no2)cc1C. The first kappa shape index (κ1) is 21.6. The third-order valence-corrected chi connectivity index (χ3v) is 5.98. The average Bonchev–Trinajstić information content (AvgIpc) is 3.28. The highest BCUT2D eigenvalue weighted by Crippen LogP contribution is 2.25. The van der Waals surface area contributed by atoms with Gasteiger partial charge in [0.25, 0.3) is 5.91 Å². The van der Waals surface area contributed by atoms with E-state index in [1.807, 2.05) is 49.4 Å². The predicted molar refractivity (Wildman–Crippen MR) is 120 cm³/mol. The molecule has 2 aromatic carbocycles. The van der Waals surface area contributed by atoms with E-state index in [2.05, 4.69) is 22.3 Å². The molecule has 0 aliphatic carbocycles. The van der Waals surface area contributed by atoms with Crippen molar-refractivity contribution in [3.8, 4) is 11.3 Å². The van der Waals surface area contributed by atoms with E-state index in [0.29, 0.717) is 30.5 Å². The standard InChI is InChI=1S/C24H26ClN3O3/c1-16-3-4-19(13-17(16)2)23-14-21(27-31-23)24(29)26-15-22(28-9-11-30-12-10-28)18-5-7-20(25)8-6-18/h3-8,13-14,22H,9-12,15H2,1-2H3,(H,26,29)/t22-/m0/s1. The number of amides is 1. The molecule has 2 heterocycles. The number of aryl methyl sites for hydroxylation is 2. The van der Waals surface area contributed by atoms with E-state index in [0.717, 1.165) is 29.8 Å². The fourth-order valence-electron chi connectivity index (χ4n) is 3.72. The molecule has 1 aliphatic heterocycles. The van der Waals surface area contributed by atoms with Crippen LogP contribution in [0.5, 0.6) is 0 Å². The molecule has 7 heteroatoms. The number of aromatic nitrogens is 1. The molecule has 1 saturated heterocycles. The van der Waals surface area contributed by atoms with E-state index in [9.17, 15) is 4.79 Å². The van der Waals surface area contributed by atoms with E-state index >= 15 is 0 Å². The maximum Gasteiger partial charge on any atom is 0.273 e. The Morgan fingerprint density at radius 3 is 2.55 bits per heavy atom. The number of morpholine rings is 1. The van der Waals surface area contributed by atoms with Gasteiger partial charge in [0.1, 0.15) is 0 Å². The van der Waals surface area contributed by atoms with Crippen molar-refractivity contribution >= 4 is 17.5 Å². The van der Waals surface area contributed by atoms with Gasteiger partial charge in [0.15, 0.2) is 11.5 Å². The summed E-state index contributed by atoms with van der Waals surface area (Å²) in [5, 5.41) is 7.69. The molecule has 1 amide bonds. The van der Waals surface area contributed by atoms with Crippen LogP contribution in [0.15, 0.2) is 53.1 Å². The molecule has 1 N–H and O–H groups in total. The number of benzene rings is 2. The highest BCUT2D eigenvalue weighted by molar-refractivity contribution is 6.30. The van der Waals surface area contributed by atoms with E-state index < -0.39 is 0 Å². The molecule has 1 aliphatic rings. The third-order valence-electron chi connectivity index (χ3n) is 5.73. The summed E-state index contributed by atoms with van der Waals surface area (Å²) in [5.74, 6) is 0.321. The van der Waals surface area contributed by atoms with Gasteiger partial charge < -0.3 is 14.6 Å². The highest BCUT2D eigenvalue weighted by atomic mass is 35.5. The van der Waals surface area contributed by atoms with Gasteiger partial charge in [-0.05, 0) is 48.7 Å². The maximum atomic E-state index is 12.8. The first-order valence-electron chi connectivity index (χ1n) is 10.4. The predicted octanol–water partition coefficient (Wildman–Crippen LogP) is 4.42. The Labute approximate surface area is 187 Å². The summed E-state index contributed by atoms with van der Waals surface area (Å²) in [6, 6.07) is 15.5. The second-order valence-electron chi connectivity index (χ2n) is 7.80. The number of nitrogens with zero attached hydrogens (tertiary/aromatic N) is 2. The normalized spacial score (nSPS) is 15.6. The van der Waals surface area contributed by atoms with Gasteiger partial charge in [-0.3, -0.25) is 9.69 Å². The minimum absolute atomic E-state index is 0.0243. The van der Waals surface area contributed by atoms with Crippen LogP contribution in [0.1, 0.15) is 33.2 Å². The molecule has 0 spiro atoms. The molecule has 4 rings (SSSR count). The summed E-state index contributed by atoms with van der Waals surface area (Å²) < 4.78 is 10.9. The summed E-state index contributed by atoms with van der Waals surface area (Å²) in [5.41, 5.74) is 4.64. The number of halogens is 1. The molecular weight excluding hydrogens is 414 g/mol. The van der Waals surface area contributed by atoms with E-state index in [-0.39, 0.29) is 17.6 Å². The number of rotatable bonds is 6. The van der Waals surface area contributed by atoms with Crippen LogP contribution in [0, 0.1) is 13.8 Å². The molecule has 3 aromatic rings. The van der Waals surface area contributed by atoms with Crippen LogP contribution in [0.25, 0.3) is 11.3 Å². The quantitative estimate of drug-likeness (QED) is 0.616. The second kappa shape index (κ2) is 9.64. The van der Waals surface area contributed by atoms with Crippen molar-refractivity contribution in [2.75, 3.05) is 32.8 Å². The van der Waals surface area contributed by atoms with Gasteiger partial charge in [0.2, 0.25) is 0 Å². The van der Waals surface area contributed by atoms with E-state index in [1.165, 1.54) is 5.56 Å². The number of carbonyl (C=O) groups is 1. The van der Waals surface area contributed by atoms with Crippen molar-refractivity contribution in [2.45, 2.75) is 19.9 Å². The number of nitrogens with one attached hydrogen (secondary N) is 1.